The molecule has 1 heterocycles. The number of likely N-dealkylation sites (tertiary alicyclic amines) is 1. The van der Waals surface area contributed by atoms with Crippen LogP contribution in [0.1, 0.15) is 11.1 Å². The first-order chi connectivity index (χ1) is 11.9. The predicted molar refractivity (Wildman–Crippen MR) is 75.9 cm³/mol. The first-order valence-electron chi connectivity index (χ1n) is 7.38. The maximum atomic E-state index is 12.9. The number of benzene rings is 1. The first-order valence-corrected chi connectivity index (χ1v) is 7.38. The minimum Gasteiger partial charge on any atom is -0.481 e. The Hall–Kier alpha value is -2.46. The highest BCUT2D eigenvalue weighted by molar-refractivity contribution is 5.77. The van der Waals surface area contributed by atoms with Gasteiger partial charge >= 0.3 is 24.4 Å². The maximum Gasteiger partial charge on any atom is 0.416 e. The number of nitrogens with one attached hydrogen (secondary N) is 1. The molecule has 2 atom stereocenters. The highest BCUT2D eigenvalue weighted by Crippen LogP contribution is 2.37. The van der Waals surface area contributed by atoms with Crippen LogP contribution < -0.4 is 5.32 Å². The lowest BCUT2D eigenvalue weighted by Gasteiger charge is -2.19. The normalized spacial score (nSPS) is 20.9. The fraction of sp³-hybridized carbons (Fsp3) is 0.467. The maximum absolute atomic E-state index is 12.9. The van der Waals surface area contributed by atoms with E-state index >= 15 is 0 Å². The average molecular weight is 384 g/mol. The molecule has 1 aliphatic rings. The molecule has 0 saturated carbocycles. The summed E-state index contributed by atoms with van der Waals surface area (Å²) in [7, 11) is 0. The second-order valence-corrected chi connectivity index (χ2v) is 5.81. The molecule has 11 heteroatoms. The first kappa shape index (κ1) is 19.9. The topological polar surface area (TPSA) is 69.6 Å². The summed E-state index contributed by atoms with van der Waals surface area (Å²) in [4.78, 5) is 23.6. The third-order valence-electron chi connectivity index (χ3n) is 4.10. The van der Waals surface area contributed by atoms with Crippen molar-refractivity contribution in [2.45, 2.75) is 18.9 Å². The highest BCUT2D eigenvalue weighted by Gasteiger charge is 2.53. The molecular weight excluding hydrogens is 370 g/mol. The summed E-state index contributed by atoms with van der Waals surface area (Å²) in [5.41, 5.74) is -1.23. The molecule has 0 unspecified atom stereocenters. The number of alkyl halides is 6. The van der Waals surface area contributed by atoms with Crippen LogP contribution in [-0.4, -0.2) is 41.3 Å². The second-order valence-electron chi connectivity index (χ2n) is 5.81. The van der Waals surface area contributed by atoms with Gasteiger partial charge in [-0.2, -0.15) is 26.3 Å². The molecule has 1 aliphatic heterocycles. The number of carboxylic acids is 1. The van der Waals surface area contributed by atoms with E-state index in [2.05, 4.69) is 5.32 Å². The van der Waals surface area contributed by atoms with Gasteiger partial charge in [0.25, 0.3) is 0 Å². The molecule has 5 nitrogen and oxygen atoms in total. The molecule has 0 spiro atoms. The molecule has 0 bridgehead atoms. The fourth-order valence-corrected chi connectivity index (χ4v) is 2.79. The molecule has 1 aromatic rings. The summed E-state index contributed by atoms with van der Waals surface area (Å²) >= 11 is 0. The second kappa shape index (κ2) is 7.04. The van der Waals surface area contributed by atoms with Gasteiger partial charge in [0, 0.05) is 19.6 Å². The Balaban J connectivity index is 2.07. The van der Waals surface area contributed by atoms with Gasteiger partial charge in [0.1, 0.15) is 0 Å². The lowest BCUT2D eigenvalue weighted by molar-refractivity contribution is -0.187. The van der Waals surface area contributed by atoms with Gasteiger partial charge in [-0.05, 0) is 11.6 Å². The van der Waals surface area contributed by atoms with Crippen LogP contribution in [0.15, 0.2) is 24.3 Å². The molecule has 0 aliphatic carbocycles. The van der Waals surface area contributed by atoms with Crippen molar-refractivity contribution in [2.24, 2.45) is 11.8 Å². The number of carbonyl (C=O) groups excluding carboxylic acids is 1. The van der Waals surface area contributed by atoms with E-state index in [0.717, 1.165) is 12.1 Å². The van der Waals surface area contributed by atoms with Gasteiger partial charge in [0.15, 0.2) is 0 Å². The van der Waals surface area contributed by atoms with E-state index in [1.807, 2.05) is 0 Å². The Labute approximate surface area is 143 Å². The Bertz CT molecular complexity index is 689. The zero-order chi connectivity index (χ0) is 19.7. The standard InChI is InChI=1S/C15H14F6N2O3/c16-14(17,18)10-4-2-1-3-8(10)5-22-13(26)23-6-9(12(24)25)11(7-23)15(19,20)21/h1-4,9,11H,5-7H2,(H,22,26)(H,24,25)/t9-,11-/m1/s1. The number of urea groups is 1. The smallest absolute Gasteiger partial charge is 0.416 e. The lowest BCUT2D eigenvalue weighted by atomic mass is 9.96. The monoisotopic (exact) mass is 384 g/mol. The van der Waals surface area contributed by atoms with Crippen LogP contribution in [0.25, 0.3) is 0 Å². The third-order valence-corrected chi connectivity index (χ3v) is 4.10. The molecule has 2 rings (SSSR count). The Morgan fingerprint density at radius 3 is 2.23 bits per heavy atom. The number of carbonyl (C=O) groups is 2. The Morgan fingerprint density at radius 1 is 1.12 bits per heavy atom. The number of hydrogen-bond donors (Lipinski definition) is 2. The largest absolute Gasteiger partial charge is 0.481 e. The molecule has 0 radical (unpaired) electrons. The van der Waals surface area contributed by atoms with Gasteiger partial charge < -0.3 is 15.3 Å². The van der Waals surface area contributed by atoms with Gasteiger partial charge in [-0.25, -0.2) is 4.79 Å². The zero-order valence-corrected chi connectivity index (χ0v) is 13.1. The van der Waals surface area contributed by atoms with Crippen molar-refractivity contribution in [1.29, 1.82) is 0 Å². The summed E-state index contributed by atoms with van der Waals surface area (Å²) in [5.74, 6) is -5.73. The number of halogens is 6. The summed E-state index contributed by atoms with van der Waals surface area (Å²) in [6.45, 7) is -2.10. The predicted octanol–water partition coefficient (Wildman–Crippen LogP) is 3.11. The van der Waals surface area contributed by atoms with Gasteiger partial charge in [-0.3, -0.25) is 4.79 Å². The van der Waals surface area contributed by atoms with Crippen LogP contribution in [0.5, 0.6) is 0 Å². The number of amides is 2. The van der Waals surface area contributed by atoms with Crippen molar-refractivity contribution in [2.75, 3.05) is 13.1 Å². The van der Waals surface area contributed by atoms with Gasteiger partial charge in [0.05, 0.1) is 17.4 Å². The molecule has 1 saturated heterocycles. The van der Waals surface area contributed by atoms with Crippen LogP contribution in [0.3, 0.4) is 0 Å². The summed E-state index contributed by atoms with van der Waals surface area (Å²) in [5, 5.41) is 11.0. The van der Waals surface area contributed by atoms with Crippen LogP contribution in [0.2, 0.25) is 0 Å². The minimum atomic E-state index is -4.80. The fourth-order valence-electron chi connectivity index (χ4n) is 2.79. The van der Waals surface area contributed by atoms with E-state index in [1.165, 1.54) is 12.1 Å². The van der Waals surface area contributed by atoms with Crippen LogP contribution >= 0.6 is 0 Å². The minimum absolute atomic E-state index is 0.255. The molecule has 1 aromatic carbocycles. The van der Waals surface area contributed by atoms with Crippen molar-refractivity contribution in [3.63, 3.8) is 0 Å². The number of nitrogens with zero attached hydrogens (tertiary/aromatic N) is 1. The van der Waals surface area contributed by atoms with Crippen molar-refractivity contribution in [3.05, 3.63) is 35.4 Å². The van der Waals surface area contributed by atoms with Crippen molar-refractivity contribution in [3.8, 4) is 0 Å². The molecule has 1 fully saturated rings. The number of aliphatic carboxylic acids is 1. The molecule has 26 heavy (non-hydrogen) atoms. The lowest BCUT2D eigenvalue weighted by Crippen LogP contribution is -2.39. The van der Waals surface area contributed by atoms with Crippen molar-refractivity contribution >= 4 is 12.0 Å². The third kappa shape index (κ3) is 4.38. The molecule has 2 amide bonds. The summed E-state index contributed by atoms with van der Waals surface area (Å²) < 4.78 is 77.3. The van der Waals surface area contributed by atoms with E-state index in [4.69, 9.17) is 5.11 Å². The van der Waals surface area contributed by atoms with Crippen molar-refractivity contribution < 1.29 is 41.0 Å². The molecular formula is C15H14F6N2O3. The Kier molecular flexibility index (Phi) is 5.38. The molecule has 144 valence electrons. The Morgan fingerprint density at radius 2 is 1.73 bits per heavy atom. The van der Waals surface area contributed by atoms with Gasteiger partial charge in [-0.15, -0.1) is 0 Å². The highest BCUT2D eigenvalue weighted by atomic mass is 19.4. The van der Waals surface area contributed by atoms with E-state index in [1.54, 1.807) is 0 Å². The van der Waals surface area contributed by atoms with Crippen LogP contribution in [0, 0.1) is 11.8 Å². The quantitative estimate of drug-likeness (QED) is 0.787. The number of carboxylic acid groups (broad SMARTS) is 1. The van der Waals surface area contributed by atoms with E-state index in [0.29, 0.717) is 4.90 Å². The van der Waals surface area contributed by atoms with Crippen LogP contribution in [0.4, 0.5) is 31.1 Å². The number of rotatable bonds is 3. The SMILES string of the molecule is O=C(O)[C@@H]1CN(C(=O)NCc2ccccc2C(F)(F)F)C[C@H]1C(F)(F)F. The molecule has 0 aromatic heterocycles. The van der Waals surface area contributed by atoms with E-state index < -0.39 is 61.4 Å². The van der Waals surface area contributed by atoms with E-state index in [9.17, 15) is 35.9 Å². The zero-order valence-electron chi connectivity index (χ0n) is 13.1. The van der Waals surface area contributed by atoms with Gasteiger partial charge in [0.2, 0.25) is 0 Å². The van der Waals surface area contributed by atoms with Crippen LogP contribution in [-0.2, 0) is 17.5 Å². The number of hydrogen-bond acceptors (Lipinski definition) is 2. The summed E-state index contributed by atoms with van der Waals surface area (Å²) in [6, 6.07) is 3.38. The van der Waals surface area contributed by atoms with Gasteiger partial charge in [-0.1, -0.05) is 18.2 Å². The molecule has 2 N–H and O–H groups in total. The summed E-state index contributed by atoms with van der Waals surface area (Å²) in [6.07, 6.45) is -9.45. The average Bonchev–Trinajstić information content (AvgIpc) is 2.98. The van der Waals surface area contributed by atoms with E-state index in [-0.39, 0.29) is 5.56 Å². The van der Waals surface area contributed by atoms with Crippen molar-refractivity contribution in [1.82, 2.24) is 10.2 Å².